The van der Waals surface area contributed by atoms with Crippen molar-refractivity contribution in [3.05, 3.63) is 18.2 Å². The van der Waals surface area contributed by atoms with Gasteiger partial charge in [-0.2, -0.15) is 0 Å². The quantitative estimate of drug-likeness (QED) is 0.598. The molecule has 0 radical (unpaired) electrons. The number of unbranched alkanes of at least 4 members (excludes halogenated alkanes) is 1. The van der Waals surface area contributed by atoms with Crippen LogP contribution in [0.2, 0.25) is 0 Å². The lowest BCUT2D eigenvalue weighted by Crippen LogP contribution is -2.15. The van der Waals surface area contributed by atoms with Crippen LogP contribution >= 0.6 is 0 Å². The van der Waals surface area contributed by atoms with Crippen LogP contribution < -0.4 is 15.6 Å². The minimum Gasteiger partial charge on any atom is -0.491 e. The lowest BCUT2D eigenvalue weighted by atomic mass is 10.3. The number of anilines is 1. The van der Waals surface area contributed by atoms with Gasteiger partial charge in [0.1, 0.15) is 10.6 Å². The van der Waals surface area contributed by atoms with Crippen LogP contribution in [0.5, 0.6) is 5.75 Å². The Morgan fingerprint density at radius 3 is 2.62 bits per heavy atom. The Bertz CT molecular complexity index is 457. The monoisotopic (exact) mass is 244 g/mol. The highest BCUT2D eigenvalue weighted by atomic mass is 32.2. The Morgan fingerprint density at radius 1 is 1.38 bits per heavy atom. The summed E-state index contributed by atoms with van der Waals surface area (Å²) in [5, 5.41) is 5.02. The Labute approximate surface area is 95.4 Å². The van der Waals surface area contributed by atoms with Crippen LogP contribution in [0.3, 0.4) is 0 Å². The first-order chi connectivity index (χ1) is 7.46. The third kappa shape index (κ3) is 3.11. The summed E-state index contributed by atoms with van der Waals surface area (Å²) in [6, 6.07) is 4.54. The van der Waals surface area contributed by atoms with Gasteiger partial charge in [0.15, 0.2) is 0 Å². The normalized spacial score (nSPS) is 11.4. The van der Waals surface area contributed by atoms with Crippen LogP contribution in [-0.2, 0) is 10.0 Å². The molecule has 90 valence electrons. The Balaban J connectivity index is 2.96. The fraction of sp³-hybridized carbons (Fsp3) is 0.400. The summed E-state index contributed by atoms with van der Waals surface area (Å²) in [7, 11) is -3.79. The molecule has 1 rings (SSSR count). The Kier molecular flexibility index (Phi) is 4.14. The SMILES string of the molecule is CCCCOc1cccc(S(N)(=O)=O)c1N. The highest BCUT2D eigenvalue weighted by molar-refractivity contribution is 7.89. The predicted molar refractivity (Wildman–Crippen MR) is 62.6 cm³/mol. The van der Waals surface area contributed by atoms with Gasteiger partial charge < -0.3 is 10.5 Å². The molecule has 0 bridgehead atoms. The van der Waals surface area contributed by atoms with Crippen molar-refractivity contribution >= 4 is 15.7 Å². The summed E-state index contributed by atoms with van der Waals surface area (Å²) in [6.07, 6.45) is 1.88. The number of nitrogen functional groups attached to an aromatic ring is 1. The minimum atomic E-state index is -3.79. The molecule has 0 fully saturated rings. The molecule has 0 atom stereocenters. The van der Waals surface area contributed by atoms with Crippen LogP contribution in [0.25, 0.3) is 0 Å². The number of nitrogens with two attached hydrogens (primary N) is 2. The van der Waals surface area contributed by atoms with E-state index in [0.29, 0.717) is 12.4 Å². The first-order valence-electron chi connectivity index (χ1n) is 5.01. The van der Waals surface area contributed by atoms with Crippen molar-refractivity contribution in [2.75, 3.05) is 12.3 Å². The maximum atomic E-state index is 11.2. The summed E-state index contributed by atoms with van der Waals surface area (Å²) in [5.74, 6) is 0.361. The summed E-state index contributed by atoms with van der Waals surface area (Å²) in [4.78, 5) is -0.0958. The fourth-order valence-electron chi connectivity index (χ4n) is 1.22. The molecule has 0 saturated heterocycles. The fourth-order valence-corrected chi connectivity index (χ4v) is 1.90. The number of benzene rings is 1. The number of hydrogen-bond donors (Lipinski definition) is 2. The Morgan fingerprint density at radius 2 is 2.06 bits per heavy atom. The zero-order chi connectivity index (χ0) is 12.2. The molecule has 0 aliphatic carbocycles. The van der Waals surface area contributed by atoms with Crippen LogP contribution in [0.15, 0.2) is 23.1 Å². The number of rotatable bonds is 5. The molecule has 0 aliphatic heterocycles. The molecule has 0 aromatic heterocycles. The molecule has 0 aliphatic rings. The zero-order valence-electron chi connectivity index (χ0n) is 9.14. The van der Waals surface area contributed by atoms with Crippen molar-refractivity contribution in [1.82, 2.24) is 0 Å². The van der Waals surface area contributed by atoms with E-state index >= 15 is 0 Å². The number of sulfonamides is 1. The number of hydrogen-bond acceptors (Lipinski definition) is 4. The van der Waals surface area contributed by atoms with Crippen molar-refractivity contribution in [1.29, 1.82) is 0 Å². The number of ether oxygens (including phenoxy) is 1. The molecule has 0 saturated carbocycles. The largest absolute Gasteiger partial charge is 0.491 e. The van der Waals surface area contributed by atoms with Crippen molar-refractivity contribution < 1.29 is 13.2 Å². The first kappa shape index (κ1) is 12.8. The minimum absolute atomic E-state index is 0.0705. The van der Waals surface area contributed by atoms with E-state index in [0.717, 1.165) is 12.8 Å². The van der Waals surface area contributed by atoms with Gasteiger partial charge in [-0.05, 0) is 18.6 Å². The number of primary sulfonamides is 1. The standard InChI is InChI=1S/C10H16N2O3S/c1-2-3-7-15-8-5-4-6-9(10(8)11)16(12,13)14/h4-6H,2-3,7,11H2,1H3,(H2,12,13,14). The summed E-state index contributed by atoms with van der Waals surface area (Å²) in [6.45, 7) is 2.54. The molecule has 0 unspecified atom stereocenters. The van der Waals surface area contributed by atoms with E-state index in [9.17, 15) is 8.42 Å². The third-order valence-electron chi connectivity index (χ3n) is 2.09. The topological polar surface area (TPSA) is 95.4 Å². The van der Waals surface area contributed by atoms with E-state index in [1.807, 2.05) is 6.92 Å². The highest BCUT2D eigenvalue weighted by Crippen LogP contribution is 2.27. The highest BCUT2D eigenvalue weighted by Gasteiger charge is 2.15. The lowest BCUT2D eigenvalue weighted by Gasteiger charge is -2.10. The molecule has 1 aromatic rings. The van der Waals surface area contributed by atoms with E-state index in [1.165, 1.54) is 6.07 Å². The average molecular weight is 244 g/mol. The van der Waals surface area contributed by atoms with Crippen LogP contribution in [-0.4, -0.2) is 15.0 Å². The van der Waals surface area contributed by atoms with Crippen molar-refractivity contribution in [2.45, 2.75) is 24.7 Å². The van der Waals surface area contributed by atoms with Crippen molar-refractivity contribution in [3.63, 3.8) is 0 Å². The summed E-state index contributed by atoms with van der Waals surface area (Å²) < 4.78 is 27.7. The third-order valence-corrected chi connectivity index (χ3v) is 3.06. The second-order valence-electron chi connectivity index (χ2n) is 3.41. The predicted octanol–water partition coefficient (Wildman–Crippen LogP) is 1.10. The van der Waals surface area contributed by atoms with Crippen LogP contribution in [0, 0.1) is 0 Å². The zero-order valence-corrected chi connectivity index (χ0v) is 9.96. The van der Waals surface area contributed by atoms with Crippen molar-refractivity contribution in [3.8, 4) is 5.75 Å². The first-order valence-corrected chi connectivity index (χ1v) is 6.55. The van der Waals surface area contributed by atoms with Gasteiger partial charge in [0, 0.05) is 0 Å². The average Bonchev–Trinajstić information content (AvgIpc) is 2.19. The molecule has 0 amide bonds. The van der Waals surface area contributed by atoms with Gasteiger partial charge >= 0.3 is 0 Å². The molecule has 4 N–H and O–H groups in total. The van der Waals surface area contributed by atoms with Gasteiger partial charge in [0.2, 0.25) is 10.0 Å². The van der Waals surface area contributed by atoms with E-state index in [4.69, 9.17) is 15.6 Å². The van der Waals surface area contributed by atoms with E-state index in [-0.39, 0.29) is 10.6 Å². The molecule has 16 heavy (non-hydrogen) atoms. The van der Waals surface area contributed by atoms with Crippen LogP contribution in [0.4, 0.5) is 5.69 Å². The lowest BCUT2D eigenvalue weighted by molar-refractivity contribution is 0.310. The maximum absolute atomic E-state index is 11.2. The van der Waals surface area contributed by atoms with Gasteiger partial charge in [0.05, 0.1) is 12.3 Å². The van der Waals surface area contributed by atoms with Gasteiger partial charge in [-0.15, -0.1) is 0 Å². The smallest absolute Gasteiger partial charge is 0.240 e. The van der Waals surface area contributed by atoms with Gasteiger partial charge in [-0.1, -0.05) is 19.4 Å². The summed E-state index contributed by atoms with van der Waals surface area (Å²) >= 11 is 0. The van der Waals surface area contributed by atoms with E-state index < -0.39 is 10.0 Å². The second kappa shape index (κ2) is 5.18. The number of para-hydroxylation sites is 1. The molecule has 1 aromatic carbocycles. The van der Waals surface area contributed by atoms with Crippen LogP contribution in [0.1, 0.15) is 19.8 Å². The van der Waals surface area contributed by atoms with E-state index in [2.05, 4.69) is 0 Å². The Hall–Kier alpha value is -1.27. The molecular formula is C10H16N2O3S. The van der Waals surface area contributed by atoms with Gasteiger partial charge in [-0.25, -0.2) is 13.6 Å². The second-order valence-corrected chi connectivity index (χ2v) is 4.94. The van der Waals surface area contributed by atoms with Gasteiger partial charge in [0.25, 0.3) is 0 Å². The molecule has 6 heteroatoms. The molecular weight excluding hydrogens is 228 g/mol. The van der Waals surface area contributed by atoms with E-state index in [1.54, 1.807) is 12.1 Å². The molecule has 5 nitrogen and oxygen atoms in total. The summed E-state index contributed by atoms with van der Waals surface area (Å²) in [5.41, 5.74) is 5.74. The molecule has 0 heterocycles. The maximum Gasteiger partial charge on any atom is 0.240 e. The molecule has 0 spiro atoms. The van der Waals surface area contributed by atoms with Crippen molar-refractivity contribution in [2.24, 2.45) is 5.14 Å². The van der Waals surface area contributed by atoms with Gasteiger partial charge in [-0.3, -0.25) is 0 Å².